The molecule has 0 aromatic carbocycles. The standard InChI is InChI=1S/C10H16N2S2/c1-3-10(13-6-9(2)14-10)7-12-5-4-11-8-12/h4-5,8-9H,3,6-7H2,1-2H3. The molecule has 2 atom stereocenters. The lowest BCUT2D eigenvalue weighted by molar-refractivity contribution is 0.614. The summed E-state index contributed by atoms with van der Waals surface area (Å²) in [7, 11) is 0. The van der Waals surface area contributed by atoms with Crippen molar-refractivity contribution in [2.75, 3.05) is 5.75 Å². The first kappa shape index (κ1) is 10.4. The largest absolute Gasteiger partial charge is 0.335 e. The van der Waals surface area contributed by atoms with E-state index < -0.39 is 0 Å². The van der Waals surface area contributed by atoms with E-state index in [0.717, 1.165) is 11.8 Å². The summed E-state index contributed by atoms with van der Waals surface area (Å²) < 4.78 is 2.58. The van der Waals surface area contributed by atoms with Crippen molar-refractivity contribution in [2.45, 2.75) is 36.1 Å². The van der Waals surface area contributed by atoms with Crippen molar-refractivity contribution in [1.82, 2.24) is 9.55 Å². The maximum atomic E-state index is 4.09. The van der Waals surface area contributed by atoms with Gasteiger partial charge in [0.2, 0.25) is 0 Å². The first-order valence-corrected chi connectivity index (χ1v) is 6.88. The van der Waals surface area contributed by atoms with Gasteiger partial charge in [0.15, 0.2) is 0 Å². The Morgan fingerprint density at radius 3 is 3.00 bits per heavy atom. The van der Waals surface area contributed by atoms with Gasteiger partial charge in [0.25, 0.3) is 0 Å². The first-order chi connectivity index (χ1) is 6.74. The summed E-state index contributed by atoms with van der Waals surface area (Å²) in [4.78, 5) is 4.09. The predicted octanol–water partition coefficient (Wildman–Crippen LogP) is 2.86. The van der Waals surface area contributed by atoms with Crippen LogP contribution in [0.5, 0.6) is 0 Å². The lowest BCUT2D eigenvalue weighted by atomic mass is 10.3. The second-order valence-corrected chi connectivity index (χ2v) is 7.22. The Balaban J connectivity index is 2.06. The van der Waals surface area contributed by atoms with Gasteiger partial charge in [-0.1, -0.05) is 13.8 Å². The van der Waals surface area contributed by atoms with Gasteiger partial charge < -0.3 is 4.57 Å². The maximum absolute atomic E-state index is 4.09. The quantitative estimate of drug-likeness (QED) is 0.792. The van der Waals surface area contributed by atoms with E-state index in [4.69, 9.17) is 0 Å². The molecular weight excluding hydrogens is 212 g/mol. The normalized spacial score (nSPS) is 32.3. The highest BCUT2D eigenvalue weighted by Gasteiger charge is 2.37. The van der Waals surface area contributed by atoms with E-state index in [-0.39, 0.29) is 0 Å². The molecule has 78 valence electrons. The summed E-state index contributed by atoms with van der Waals surface area (Å²) in [5.74, 6) is 1.28. The number of aromatic nitrogens is 2. The number of imidazole rings is 1. The molecule has 1 saturated heterocycles. The fourth-order valence-electron chi connectivity index (χ4n) is 1.74. The molecule has 1 fully saturated rings. The minimum Gasteiger partial charge on any atom is -0.335 e. The average molecular weight is 228 g/mol. The molecule has 0 N–H and O–H groups in total. The van der Waals surface area contributed by atoms with Crippen LogP contribution in [-0.2, 0) is 6.54 Å². The van der Waals surface area contributed by atoms with Crippen molar-refractivity contribution in [3.05, 3.63) is 18.7 Å². The molecule has 2 unspecified atom stereocenters. The lowest BCUT2D eigenvalue weighted by Crippen LogP contribution is -2.23. The Labute approximate surface area is 93.9 Å². The van der Waals surface area contributed by atoms with Crippen LogP contribution in [0.3, 0.4) is 0 Å². The predicted molar refractivity (Wildman–Crippen MR) is 64.8 cm³/mol. The number of hydrogen-bond donors (Lipinski definition) is 0. The molecular formula is C10H16N2S2. The van der Waals surface area contributed by atoms with Crippen molar-refractivity contribution < 1.29 is 0 Å². The van der Waals surface area contributed by atoms with Gasteiger partial charge in [-0.25, -0.2) is 4.98 Å². The number of hydrogen-bond acceptors (Lipinski definition) is 3. The van der Waals surface area contributed by atoms with Gasteiger partial charge in [0.05, 0.1) is 10.4 Å². The molecule has 1 aliphatic heterocycles. The minimum atomic E-state index is 0.389. The van der Waals surface area contributed by atoms with Crippen LogP contribution in [-0.4, -0.2) is 24.6 Å². The van der Waals surface area contributed by atoms with E-state index in [1.54, 1.807) is 0 Å². The molecule has 1 aromatic heterocycles. The molecule has 2 rings (SSSR count). The van der Waals surface area contributed by atoms with E-state index in [0.29, 0.717) is 4.08 Å². The summed E-state index contributed by atoms with van der Waals surface area (Å²) in [5.41, 5.74) is 0. The maximum Gasteiger partial charge on any atom is 0.0946 e. The van der Waals surface area contributed by atoms with Crippen LogP contribution in [0.2, 0.25) is 0 Å². The van der Waals surface area contributed by atoms with Gasteiger partial charge >= 0.3 is 0 Å². The molecule has 0 bridgehead atoms. The van der Waals surface area contributed by atoms with E-state index in [2.05, 4.69) is 53.1 Å². The Kier molecular flexibility index (Phi) is 3.12. The van der Waals surface area contributed by atoms with Crippen LogP contribution in [0.1, 0.15) is 20.3 Å². The lowest BCUT2D eigenvalue weighted by Gasteiger charge is -2.26. The number of thioether (sulfide) groups is 2. The summed E-state index contributed by atoms with van der Waals surface area (Å²) in [6.07, 6.45) is 7.06. The summed E-state index contributed by atoms with van der Waals surface area (Å²) in [6.45, 7) is 5.70. The highest BCUT2D eigenvalue weighted by molar-refractivity contribution is 8.21. The molecule has 1 aromatic rings. The number of rotatable bonds is 3. The zero-order valence-corrected chi connectivity index (χ0v) is 10.3. The fraction of sp³-hybridized carbons (Fsp3) is 0.700. The van der Waals surface area contributed by atoms with Crippen LogP contribution in [0.4, 0.5) is 0 Å². The van der Waals surface area contributed by atoms with Crippen molar-refractivity contribution in [3.8, 4) is 0 Å². The second-order valence-electron chi connectivity index (χ2n) is 3.74. The molecule has 2 heterocycles. The van der Waals surface area contributed by atoms with E-state index in [1.807, 2.05) is 12.5 Å². The van der Waals surface area contributed by atoms with Gasteiger partial charge in [-0.15, -0.1) is 23.5 Å². The fourth-order valence-corrected chi connectivity index (χ4v) is 5.29. The molecule has 0 saturated carbocycles. The van der Waals surface area contributed by atoms with Gasteiger partial charge in [-0.3, -0.25) is 0 Å². The van der Waals surface area contributed by atoms with Gasteiger partial charge in [0.1, 0.15) is 0 Å². The molecule has 0 spiro atoms. The molecule has 0 radical (unpaired) electrons. The van der Waals surface area contributed by atoms with Crippen LogP contribution >= 0.6 is 23.5 Å². The van der Waals surface area contributed by atoms with Crippen molar-refractivity contribution >= 4 is 23.5 Å². The Morgan fingerprint density at radius 1 is 1.64 bits per heavy atom. The molecule has 14 heavy (non-hydrogen) atoms. The zero-order valence-electron chi connectivity index (χ0n) is 8.64. The van der Waals surface area contributed by atoms with Crippen LogP contribution in [0.25, 0.3) is 0 Å². The van der Waals surface area contributed by atoms with Crippen molar-refractivity contribution in [1.29, 1.82) is 0 Å². The third-order valence-electron chi connectivity index (χ3n) is 2.52. The Hall–Kier alpha value is -0.0900. The third-order valence-corrected chi connectivity index (χ3v) is 6.40. The average Bonchev–Trinajstić information content (AvgIpc) is 2.77. The molecule has 0 amide bonds. The third kappa shape index (κ3) is 2.11. The summed E-state index contributed by atoms with van der Waals surface area (Å²) in [6, 6.07) is 0. The zero-order chi connectivity index (χ0) is 10.0. The van der Waals surface area contributed by atoms with Crippen LogP contribution in [0.15, 0.2) is 18.7 Å². The van der Waals surface area contributed by atoms with Crippen LogP contribution < -0.4 is 0 Å². The smallest absolute Gasteiger partial charge is 0.0946 e. The molecule has 2 nitrogen and oxygen atoms in total. The molecule has 0 aliphatic carbocycles. The minimum absolute atomic E-state index is 0.389. The Bertz CT molecular complexity index is 286. The van der Waals surface area contributed by atoms with Gasteiger partial charge in [-0.2, -0.15) is 0 Å². The van der Waals surface area contributed by atoms with Crippen molar-refractivity contribution in [2.24, 2.45) is 0 Å². The monoisotopic (exact) mass is 228 g/mol. The highest BCUT2D eigenvalue weighted by atomic mass is 32.2. The van der Waals surface area contributed by atoms with E-state index in [9.17, 15) is 0 Å². The number of nitrogens with zero attached hydrogens (tertiary/aromatic N) is 2. The first-order valence-electron chi connectivity index (χ1n) is 5.01. The highest BCUT2D eigenvalue weighted by Crippen LogP contribution is 2.50. The van der Waals surface area contributed by atoms with E-state index in [1.165, 1.54) is 12.2 Å². The van der Waals surface area contributed by atoms with Crippen molar-refractivity contribution in [3.63, 3.8) is 0 Å². The summed E-state index contributed by atoms with van der Waals surface area (Å²) in [5, 5.41) is 0.795. The van der Waals surface area contributed by atoms with Gasteiger partial charge in [-0.05, 0) is 6.42 Å². The summed E-state index contributed by atoms with van der Waals surface area (Å²) >= 11 is 4.24. The molecule has 1 aliphatic rings. The molecule has 4 heteroatoms. The van der Waals surface area contributed by atoms with Gasteiger partial charge in [0, 0.05) is 29.9 Å². The van der Waals surface area contributed by atoms with Crippen LogP contribution in [0, 0.1) is 0 Å². The second kappa shape index (κ2) is 4.19. The van der Waals surface area contributed by atoms with E-state index >= 15 is 0 Å². The SMILES string of the molecule is CCC1(Cn2ccnc2)SCC(C)S1. The topological polar surface area (TPSA) is 17.8 Å². The Morgan fingerprint density at radius 2 is 2.50 bits per heavy atom.